The Morgan fingerprint density at radius 2 is 1.51 bits per heavy atom. The zero-order valence-corrected chi connectivity index (χ0v) is 30.9. The van der Waals surface area contributed by atoms with Crippen LogP contribution >= 0.6 is 47.8 Å². The van der Waals surface area contributed by atoms with Crippen molar-refractivity contribution >= 4 is 65.5 Å². The summed E-state index contributed by atoms with van der Waals surface area (Å²) in [5.41, 5.74) is -0.189. The molecule has 4 rings (SSSR count). The maximum absolute atomic E-state index is 14.1. The highest BCUT2D eigenvalue weighted by atomic mass is 79.9. The molecule has 0 heterocycles. The second kappa shape index (κ2) is 12.4. The summed E-state index contributed by atoms with van der Waals surface area (Å²) in [5.74, 6) is 2.99. The van der Waals surface area contributed by atoms with E-state index >= 15 is 0 Å². The first-order chi connectivity index (χ1) is 19.0. The molecule has 4 aliphatic carbocycles. The lowest BCUT2D eigenvalue weighted by molar-refractivity contribution is -0.190. The minimum Gasteiger partial charge on any atom is -0.459 e. The number of halogens is 3. The summed E-state index contributed by atoms with van der Waals surface area (Å²) < 4.78 is 10.6. The molecule has 0 unspecified atom stereocenters. The summed E-state index contributed by atoms with van der Waals surface area (Å²) >= 11 is 12.3. The summed E-state index contributed by atoms with van der Waals surface area (Å²) in [6.45, 7) is 16.9. The van der Waals surface area contributed by atoms with Gasteiger partial charge in [0.1, 0.15) is 12.2 Å². The van der Waals surface area contributed by atoms with Crippen LogP contribution in [0.3, 0.4) is 0 Å². The zero-order valence-electron chi connectivity index (χ0n) is 26.2. The molecule has 13 atom stereocenters. The van der Waals surface area contributed by atoms with Crippen molar-refractivity contribution in [2.24, 2.45) is 52.3 Å². The Bertz CT molecular complexity index is 1020. The number of carbonyl (C=O) groups excluding carboxylic acids is 3. The largest absolute Gasteiger partial charge is 0.459 e. The zero-order chi connectivity index (χ0) is 30.7. The minimum absolute atomic E-state index is 0.200. The first kappa shape index (κ1) is 33.9. The van der Waals surface area contributed by atoms with Crippen LogP contribution in [-0.4, -0.2) is 43.9 Å². The summed E-state index contributed by atoms with van der Waals surface area (Å²) in [6.07, 6.45) is 6.04. The van der Waals surface area contributed by atoms with E-state index in [0.29, 0.717) is 70.3 Å². The van der Waals surface area contributed by atoms with Crippen molar-refractivity contribution in [1.82, 2.24) is 0 Å². The molecule has 0 aromatic rings. The van der Waals surface area contributed by atoms with Crippen LogP contribution in [0.25, 0.3) is 0 Å². The minimum atomic E-state index is -0.785. The van der Waals surface area contributed by atoms with Crippen LogP contribution in [-0.2, 0) is 23.9 Å². The van der Waals surface area contributed by atoms with E-state index in [0.717, 1.165) is 12.8 Å². The van der Waals surface area contributed by atoms with Gasteiger partial charge in [0.25, 0.3) is 0 Å². The molecule has 0 aliphatic heterocycles. The highest BCUT2D eigenvalue weighted by molar-refractivity contribution is 9.12. The number of Topliss-reactive ketones (excluding diaryl/α,β-unsaturated/α-hetero) is 1. The van der Waals surface area contributed by atoms with Crippen LogP contribution in [0.15, 0.2) is 0 Å². The van der Waals surface area contributed by atoms with E-state index in [9.17, 15) is 14.4 Å². The topological polar surface area (TPSA) is 69.7 Å². The number of carbonyl (C=O) groups is 3. The molecule has 0 aromatic heterocycles. The summed E-state index contributed by atoms with van der Waals surface area (Å²) in [4.78, 5) is 39.0. The molecule has 234 valence electrons. The Kier molecular flexibility index (Phi) is 10.3. The van der Waals surface area contributed by atoms with Crippen molar-refractivity contribution in [3.8, 4) is 0 Å². The fraction of sp³-hybridized carbons (Fsp3) is 0.909. The monoisotopic (exact) mass is 764 g/mol. The van der Waals surface area contributed by atoms with Crippen molar-refractivity contribution in [3.05, 3.63) is 0 Å². The average molecular weight is 767 g/mol. The molecule has 0 amide bonds. The number of ether oxygens (including phenoxy) is 2. The molecule has 0 saturated heterocycles. The van der Waals surface area contributed by atoms with Gasteiger partial charge in [-0.05, 0) is 84.4 Å². The third kappa shape index (κ3) is 5.79. The number of rotatable bonds is 8. The van der Waals surface area contributed by atoms with Crippen LogP contribution in [0.1, 0.15) is 107 Å². The van der Waals surface area contributed by atoms with Crippen LogP contribution in [0.5, 0.6) is 0 Å². The molecule has 0 spiro atoms. The van der Waals surface area contributed by atoms with Crippen molar-refractivity contribution in [3.63, 3.8) is 0 Å². The Balaban J connectivity index is 1.61. The van der Waals surface area contributed by atoms with Crippen LogP contribution in [0.2, 0.25) is 0 Å². The molecule has 0 bridgehead atoms. The van der Waals surface area contributed by atoms with Crippen LogP contribution in [0.4, 0.5) is 0 Å². The van der Waals surface area contributed by atoms with Gasteiger partial charge in [-0.15, -0.1) is 0 Å². The maximum Gasteiger partial charge on any atom is 0.303 e. The van der Waals surface area contributed by atoms with E-state index in [2.05, 4.69) is 89.3 Å². The van der Waals surface area contributed by atoms with Gasteiger partial charge in [-0.1, -0.05) is 95.8 Å². The quantitative estimate of drug-likeness (QED) is 0.183. The Labute approximate surface area is 273 Å². The van der Waals surface area contributed by atoms with Crippen molar-refractivity contribution in [1.29, 1.82) is 0 Å². The second-order valence-electron chi connectivity index (χ2n) is 14.7. The number of fused-ring (bicyclic) bond motifs is 5. The van der Waals surface area contributed by atoms with Crippen LogP contribution < -0.4 is 0 Å². The lowest BCUT2D eigenvalue weighted by Crippen LogP contribution is -2.67. The fourth-order valence-corrected chi connectivity index (χ4v) is 13.5. The molecule has 41 heavy (non-hydrogen) atoms. The molecule has 4 fully saturated rings. The molecular formula is C33H51Br3O5. The first-order valence-corrected chi connectivity index (χ1v) is 18.5. The van der Waals surface area contributed by atoms with Crippen molar-refractivity contribution < 1.29 is 23.9 Å². The second-order valence-corrected chi connectivity index (χ2v) is 18.2. The van der Waals surface area contributed by atoms with Crippen molar-refractivity contribution in [2.75, 3.05) is 0 Å². The number of hydrogen-bond donors (Lipinski definition) is 0. The van der Waals surface area contributed by atoms with Gasteiger partial charge in [0.15, 0.2) is 5.78 Å². The van der Waals surface area contributed by atoms with Gasteiger partial charge in [0, 0.05) is 36.3 Å². The first-order valence-electron chi connectivity index (χ1n) is 15.9. The third-order valence-electron chi connectivity index (χ3n) is 12.4. The highest BCUT2D eigenvalue weighted by Crippen LogP contribution is 2.70. The molecule has 0 N–H and O–H groups in total. The lowest BCUT2D eigenvalue weighted by atomic mass is 9.43. The maximum atomic E-state index is 14.1. The molecule has 4 saturated carbocycles. The normalized spacial score (nSPS) is 43.3. The van der Waals surface area contributed by atoms with Gasteiger partial charge < -0.3 is 9.47 Å². The number of ketones is 1. The van der Waals surface area contributed by atoms with E-state index < -0.39 is 22.5 Å². The average Bonchev–Trinajstić information content (AvgIpc) is 3.22. The van der Waals surface area contributed by atoms with Crippen molar-refractivity contribution in [2.45, 2.75) is 133 Å². The third-order valence-corrected chi connectivity index (χ3v) is 17.5. The van der Waals surface area contributed by atoms with E-state index in [4.69, 9.17) is 9.47 Å². The Morgan fingerprint density at radius 1 is 0.927 bits per heavy atom. The molecule has 4 aliphatic rings. The SMILES string of the molecule is CC[C@@H](C(C)C)[C@H](Br)[C@H](Br)[C@@H](C)[C@H]1CC[C@H]2[C@@H]3CC(=O)[C@@]4(Br)C[C@@H](OC(C)=O)[C@@H](OC(C)=O)C[C@]4(C)[C@H]3CC[C@]12C. The molecule has 0 radical (unpaired) electrons. The van der Waals surface area contributed by atoms with Gasteiger partial charge in [0.05, 0.1) is 4.32 Å². The summed E-state index contributed by atoms with van der Waals surface area (Å²) in [7, 11) is 0. The predicted molar refractivity (Wildman–Crippen MR) is 173 cm³/mol. The fourth-order valence-electron chi connectivity index (χ4n) is 10.3. The van der Waals surface area contributed by atoms with E-state index in [1.165, 1.54) is 33.1 Å². The summed E-state index contributed by atoms with van der Waals surface area (Å²) in [5, 5.41) is 0. The number of esters is 2. The summed E-state index contributed by atoms with van der Waals surface area (Å²) in [6, 6.07) is 0. The van der Waals surface area contributed by atoms with Gasteiger partial charge in [0.2, 0.25) is 0 Å². The highest BCUT2D eigenvalue weighted by Gasteiger charge is 2.69. The van der Waals surface area contributed by atoms with Gasteiger partial charge >= 0.3 is 11.9 Å². The predicted octanol–water partition coefficient (Wildman–Crippen LogP) is 8.66. The molecule has 8 heteroatoms. The molecule has 0 aromatic carbocycles. The number of hydrogen-bond acceptors (Lipinski definition) is 5. The number of alkyl halides is 3. The van der Waals surface area contributed by atoms with Gasteiger partial charge in [-0.2, -0.15) is 0 Å². The smallest absolute Gasteiger partial charge is 0.303 e. The Hall–Kier alpha value is 0.0500. The van der Waals surface area contributed by atoms with Crippen LogP contribution in [0, 0.1) is 52.3 Å². The van der Waals surface area contributed by atoms with Gasteiger partial charge in [-0.3, -0.25) is 14.4 Å². The van der Waals surface area contributed by atoms with E-state index in [-0.39, 0.29) is 22.6 Å². The Morgan fingerprint density at radius 3 is 2.05 bits per heavy atom. The molecular weight excluding hydrogens is 716 g/mol. The standard InChI is InChI=1S/C33H51Br3O5/c1-9-21(17(2)3)30(35)29(34)18(4)23-10-11-24-22-14-28(39)33(36)16-27(41-20(6)38)26(40-19(5)37)15-32(33,8)25(22)12-13-31(23,24)7/h17-18,21-27,29-30H,9-16H2,1-8H3/t18-,21-,22-,23+,24-,25-,26-,27+,29+,30-,31+,32+,33-/m0/s1. The lowest BCUT2D eigenvalue weighted by Gasteiger charge is -2.64. The molecule has 5 nitrogen and oxygen atoms in total. The van der Waals surface area contributed by atoms with E-state index in [1.807, 2.05) is 0 Å². The van der Waals surface area contributed by atoms with Gasteiger partial charge in [-0.25, -0.2) is 0 Å². The van der Waals surface area contributed by atoms with E-state index in [1.54, 1.807) is 0 Å².